The van der Waals surface area contributed by atoms with Crippen molar-refractivity contribution in [3.8, 4) is 5.75 Å². The molecule has 1 aliphatic rings. The van der Waals surface area contributed by atoms with Crippen molar-refractivity contribution in [2.24, 2.45) is 7.05 Å². The largest absolute Gasteiger partial charge is 0.507 e. The lowest BCUT2D eigenvalue weighted by molar-refractivity contribution is -0.122. The van der Waals surface area contributed by atoms with E-state index in [0.29, 0.717) is 27.7 Å². The van der Waals surface area contributed by atoms with Crippen molar-refractivity contribution < 1.29 is 19.1 Å². The minimum Gasteiger partial charge on any atom is -0.507 e. The first-order valence-corrected chi connectivity index (χ1v) is 8.40. The zero-order valence-electron chi connectivity index (χ0n) is 14.3. The van der Waals surface area contributed by atoms with Gasteiger partial charge in [-0.2, -0.15) is 0 Å². The van der Waals surface area contributed by atoms with Gasteiger partial charge in [-0.05, 0) is 24.3 Å². The number of aryl methyl sites for hydroxylation is 1. The van der Waals surface area contributed by atoms with Gasteiger partial charge in [0.1, 0.15) is 11.3 Å². The van der Waals surface area contributed by atoms with E-state index in [2.05, 4.69) is 5.32 Å². The van der Waals surface area contributed by atoms with Gasteiger partial charge in [-0.15, -0.1) is 0 Å². The molecule has 2 aromatic heterocycles. The Morgan fingerprint density at radius 1 is 0.926 bits per heavy atom. The summed E-state index contributed by atoms with van der Waals surface area (Å²) < 4.78 is 7.43. The minimum absolute atomic E-state index is 0.0551. The molecule has 0 aliphatic carbocycles. The maximum atomic E-state index is 12.7. The molecule has 0 unspecified atom stereocenters. The lowest BCUT2D eigenvalue weighted by atomic mass is 9.95. The second-order valence-corrected chi connectivity index (χ2v) is 6.50. The Bertz CT molecular complexity index is 1310. The molecule has 6 nitrogen and oxygen atoms in total. The van der Waals surface area contributed by atoms with E-state index >= 15 is 0 Å². The van der Waals surface area contributed by atoms with Crippen molar-refractivity contribution in [2.75, 3.05) is 0 Å². The number of para-hydroxylation sites is 1. The molecule has 5 rings (SSSR count). The number of carbonyl (C=O) groups excluding carboxylic acids is 2. The van der Waals surface area contributed by atoms with Crippen LogP contribution >= 0.6 is 0 Å². The molecule has 0 atom stereocenters. The van der Waals surface area contributed by atoms with Crippen LogP contribution in [0.3, 0.4) is 0 Å². The third-order valence-corrected chi connectivity index (χ3v) is 4.96. The summed E-state index contributed by atoms with van der Waals surface area (Å²) in [4.78, 5) is 25.3. The summed E-state index contributed by atoms with van der Waals surface area (Å²) in [6.07, 6.45) is 3.29. The third kappa shape index (κ3) is 2.07. The van der Waals surface area contributed by atoms with Crippen LogP contribution in [0.25, 0.3) is 33.0 Å². The number of fused-ring (bicyclic) bond motifs is 2. The number of benzene rings is 2. The monoisotopic (exact) mass is 358 g/mol. The molecule has 6 heteroatoms. The highest BCUT2D eigenvalue weighted by Gasteiger charge is 2.35. The molecule has 2 aromatic carbocycles. The second-order valence-electron chi connectivity index (χ2n) is 6.50. The second kappa shape index (κ2) is 5.35. The number of hydrogen-bond acceptors (Lipinski definition) is 4. The highest BCUT2D eigenvalue weighted by molar-refractivity contribution is 6.50. The lowest BCUT2D eigenvalue weighted by Crippen LogP contribution is -2.22. The highest BCUT2D eigenvalue weighted by Crippen LogP contribution is 2.39. The summed E-state index contributed by atoms with van der Waals surface area (Å²) in [7, 11) is 1.89. The summed E-state index contributed by atoms with van der Waals surface area (Å²) >= 11 is 0. The molecule has 2 amide bonds. The zero-order valence-corrected chi connectivity index (χ0v) is 14.3. The lowest BCUT2D eigenvalue weighted by Gasteiger charge is -2.06. The van der Waals surface area contributed by atoms with Gasteiger partial charge in [0.25, 0.3) is 11.8 Å². The fourth-order valence-electron chi connectivity index (χ4n) is 3.75. The maximum Gasteiger partial charge on any atom is 0.259 e. The fraction of sp³-hybridized carbons (Fsp3) is 0.0476. The number of rotatable bonds is 2. The number of furan rings is 1. The number of phenols is 1. The Hall–Kier alpha value is -3.80. The van der Waals surface area contributed by atoms with Crippen molar-refractivity contribution in [3.05, 3.63) is 66.1 Å². The number of imide groups is 1. The number of amides is 2. The van der Waals surface area contributed by atoms with Crippen molar-refractivity contribution in [1.29, 1.82) is 0 Å². The molecule has 4 aromatic rings. The van der Waals surface area contributed by atoms with E-state index < -0.39 is 11.8 Å². The number of phenolic OH excluding ortho intramolecular Hbond substituents is 1. The van der Waals surface area contributed by atoms with E-state index in [1.807, 2.05) is 42.1 Å². The van der Waals surface area contributed by atoms with E-state index in [1.165, 1.54) is 12.3 Å². The summed E-state index contributed by atoms with van der Waals surface area (Å²) in [5, 5.41) is 13.8. The Kier molecular flexibility index (Phi) is 3.06. The highest BCUT2D eigenvalue weighted by atomic mass is 16.3. The predicted octanol–water partition coefficient (Wildman–Crippen LogP) is 3.20. The normalized spacial score (nSPS) is 14.6. The molecular formula is C21H14N2O4. The Morgan fingerprint density at radius 2 is 1.67 bits per heavy atom. The van der Waals surface area contributed by atoms with Crippen molar-refractivity contribution in [3.63, 3.8) is 0 Å². The molecule has 132 valence electrons. The van der Waals surface area contributed by atoms with Crippen LogP contribution in [0.4, 0.5) is 0 Å². The van der Waals surface area contributed by atoms with Gasteiger partial charge in [0.2, 0.25) is 0 Å². The number of aromatic nitrogens is 1. The van der Waals surface area contributed by atoms with Crippen LogP contribution in [0.2, 0.25) is 0 Å². The first kappa shape index (κ1) is 15.5. The van der Waals surface area contributed by atoms with Gasteiger partial charge in [0.15, 0.2) is 0 Å². The van der Waals surface area contributed by atoms with Gasteiger partial charge in [0, 0.05) is 35.3 Å². The van der Waals surface area contributed by atoms with Crippen LogP contribution < -0.4 is 5.32 Å². The summed E-state index contributed by atoms with van der Waals surface area (Å²) in [6.45, 7) is 0. The molecule has 0 spiro atoms. The first-order chi connectivity index (χ1) is 13.1. The van der Waals surface area contributed by atoms with Crippen LogP contribution in [0.5, 0.6) is 5.75 Å². The van der Waals surface area contributed by atoms with Crippen LogP contribution in [-0.4, -0.2) is 21.5 Å². The summed E-state index contributed by atoms with van der Waals surface area (Å²) in [6, 6.07) is 12.4. The maximum absolute atomic E-state index is 12.7. The fourth-order valence-corrected chi connectivity index (χ4v) is 3.75. The third-order valence-electron chi connectivity index (χ3n) is 4.96. The molecule has 0 saturated carbocycles. The van der Waals surface area contributed by atoms with Crippen molar-refractivity contribution in [2.45, 2.75) is 0 Å². The van der Waals surface area contributed by atoms with E-state index in [0.717, 1.165) is 10.9 Å². The number of carbonyl (C=O) groups is 2. The van der Waals surface area contributed by atoms with Crippen molar-refractivity contribution >= 4 is 44.8 Å². The van der Waals surface area contributed by atoms with Crippen LogP contribution in [0.1, 0.15) is 11.1 Å². The standard InChI is InChI=1S/C21H14N2O4/c1-23-10-14(11-4-2-3-5-15(11)23)18-17(20(25)22-21(18)26)13-6-7-16(24)12-8-9-27-19(12)13/h2-10,24H,1H3,(H,22,25,26). The Morgan fingerprint density at radius 3 is 2.48 bits per heavy atom. The number of hydrogen-bond donors (Lipinski definition) is 2. The molecule has 0 bridgehead atoms. The molecular weight excluding hydrogens is 344 g/mol. The van der Waals surface area contributed by atoms with E-state index in [9.17, 15) is 14.7 Å². The van der Waals surface area contributed by atoms with Gasteiger partial charge in [0.05, 0.1) is 22.8 Å². The molecule has 2 N–H and O–H groups in total. The van der Waals surface area contributed by atoms with Gasteiger partial charge < -0.3 is 14.1 Å². The molecule has 3 heterocycles. The molecule has 1 aliphatic heterocycles. The van der Waals surface area contributed by atoms with E-state index in [4.69, 9.17) is 4.42 Å². The Balaban J connectivity index is 1.88. The SMILES string of the molecule is Cn1cc(C2=C(c3ccc(O)c4ccoc34)C(=O)NC2=O)c2ccccc21. The number of aromatic hydroxyl groups is 1. The number of nitrogens with one attached hydrogen (secondary N) is 1. The Labute approximate surface area is 153 Å². The molecule has 27 heavy (non-hydrogen) atoms. The zero-order chi connectivity index (χ0) is 18.7. The topological polar surface area (TPSA) is 84.5 Å². The molecule has 0 fully saturated rings. The minimum atomic E-state index is -0.480. The van der Waals surface area contributed by atoms with Gasteiger partial charge in [-0.25, -0.2) is 0 Å². The molecule has 0 saturated heterocycles. The average Bonchev–Trinajstić information content (AvgIpc) is 3.33. The van der Waals surface area contributed by atoms with Crippen LogP contribution in [0, 0.1) is 0 Å². The van der Waals surface area contributed by atoms with Crippen molar-refractivity contribution in [1.82, 2.24) is 9.88 Å². The average molecular weight is 358 g/mol. The van der Waals surface area contributed by atoms with E-state index in [1.54, 1.807) is 12.1 Å². The van der Waals surface area contributed by atoms with Crippen LogP contribution in [-0.2, 0) is 16.6 Å². The number of nitrogens with zero attached hydrogens (tertiary/aromatic N) is 1. The molecule has 0 radical (unpaired) electrons. The summed E-state index contributed by atoms with van der Waals surface area (Å²) in [5.41, 5.74) is 3.03. The van der Waals surface area contributed by atoms with E-state index in [-0.39, 0.29) is 11.3 Å². The summed E-state index contributed by atoms with van der Waals surface area (Å²) in [5.74, 6) is -0.870. The van der Waals surface area contributed by atoms with Crippen LogP contribution in [0.15, 0.2) is 59.3 Å². The van der Waals surface area contributed by atoms with Gasteiger partial charge in [-0.1, -0.05) is 18.2 Å². The smallest absolute Gasteiger partial charge is 0.259 e. The quantitative estimate of drug-likeness (QED) is 0.539. The van der Waals surface area contributed by atoms with Gasteiger partial charge in [-0.3, -0.25) is 14.9 Å². The first-order valence-electron chi connectivity index (χ1n) is 8.40. The predicted molar refractivity (Wildman–Crippen MR) is 101 cm³/mol. The van der Waals surface area contributed by atoms with Gasteiger partial charge >= 0.3 is 0 Å².